The maximum atomic E-state index is 12.2. The van der Waals surface area contributed by atoms with Crippen LogP contribution in [0.3, 0.4) is 0 Å². The van der Waals surface area contributed by atoms with Crippen LogP contribution in [0.1, 0.15) is 17.3 Å². The van der Waals surface area contributed by atoms with Crippen molar-refractivity contribution in [1.29, 1.82) is 0 Å². The maximum Gasteiger partial charge on any atom is 0.255 e. The average molecular weight is 293 g/mol. The third kappa shape index (κ3) is 3.76. The molecule has 1 unspecified atom stereocenters. The van der Waals surface area contributed by atoms with Gasteiger partial charge in [0, 0.05) is 25.0 Å². The van der Waals surface area contributed by atoms with E-state index in [1.165, 1.54) is 12.3 Å². The van der Waals surface area contributed by atoms with Crippen molar-refractivity contribution in [2.45, 2.75) is 13.0 Å². The van der Waals surface area contributed by atoms with E-state index in [0.717, 1.165) is 5.75 Å². The molecular weight excluding hydrogens is 279 g/mol. The van der Waals surface area contributed by atoms with Gasteiger partial charge in [0.25, 0.3) is 5.91 Å². The van der Waals surface area contributed by atoms with Crippen LogP contribution in [-0.4, -0.2) is 40.9 Å². The zero-order valence-electron chi connectivity index (χ0n) is 9.91. The number of carbonyl (C=O) groups is 1. The molecule has 0 bridgehead atoms. The quantitative estimate of drug-likeness (QED) is 0.799. The zero-order chi connectivity index (χ0) is 13.0. The summed E-state index contributed by atoms with van der Waals surface area (Å²) in [6, 6.07) is 1.63. The first-order valence-corrected chi connectivity index (χ1v) is 7.19. The highest BCUT2D eigenvalue weighted by Crippen LogP contribution is 2.20. The minimum atomic E-state index is -0.138. The molecule has 94 valence electrons. The van der Waals surface area contributed by atoms with Crippen molar-refractivity contribution in [1.82, 2.24) is 9.88 Å². The largest absolute Gasteiger partial charge is 0.338 e. The van der Waals surface area contributed by atoms with Gasteiger partial charge in [0.15, 0.2) is 0 Å². The molecule has 1 atom stereocenters. The van der Waals surface area contributed by atoms with Gasteiger partial charge in [0.2, 0.25) is 0 Å². The lowest BCUT2D eigenvalue weighted by atomic mass is 10.2. The van der Waals surface area contributed by atoms with Gasteiger partial charge in [0.1, 0.15) is 5.15 Å². The molecule has 1 rings (SSSR count). The first-order valence-electron chi connectivity index (χ1n) is 5.04. The molecule has 1 aromatic rings. The van der Waals surface area contributed by atoms with Gasteiger partial charge in [-0.1, -0.05) is 23.2 Å². The van der Waals surface area contributed by atoms with E-state index in [1.807, 2.05) is 13.2 Å². The van der Waals surface area contributed by atoms with Gasteiger partial charge in [-0.15, -0.1) is 0 Å². The molecule has 0 radical (unpaired) electrons. The molecule has 0 saturated carbocycles. The van der Waals surface area contributed by atoms with Crippen LogP contribution >= 0.6 is 35.0 Å². The third-order valence-corrected chi connectivity index (χ3v) is 3.77. The van der Waals surface area contributed by atoms with Crippen LogP contribution in [0.2, 0.25) is 10.2 Å². The normalized spacial score (nSPS) is 12.3. The summed E-state index contributed by atoms with van der Waals surface area (Å²) in [6.07, 6.45) is 3.40. The summed E-state index contributed by atoms with van der Waals surface area (Å²) in [7, 11) is 1.76. The standard InChI is InChI=1S/C11H14Cl2N2OS/c1-7(6-17-3)15(2)11(16)8-4-10(13)14-5-9(8)12/h4-5,7H,6H2,1-3H3. The second-order valence-corrected chi connectivity index (χ2v) is 5.41. The molecule has 0 aromatic carbocycles. The lowest BCUT2D eigenvalue weighted by molar-refractivity contribution is 0.0757. The number of hydrogen-bond donors (Lipinski definition) is 0. The number of aromatic nitrogens is 1. The highest BCUT2D eigenvalue weighted by atomic mass is 35.5. The van der Waals surface area contributed by atoms with Gasteiger partial charge in [-0.3, -0.25) is 4.79 Å². The smallest absolute Gasteiger partial charge is 0.255 e. The van der Waals surface area contributed by atoms with E-state index < -0.39 is 0 Å². The molecule has 0 aliphatic rings. The molecule has 17 heavy (non-hydrogen) atoms. The number of halogens is 2. The van der Waals surface area contributed by atoms with E-state index in [9.17, 15) is 4.79 Å². The Morgan fingerprint density at radius 2 is 2.24 bits per heavy atom. The Bertz CT molecular complexity index is 414. The third-order valence-electron chi connectivity index (χ3n) is 2.44. The van der Waals surface area contributed by atoms with Gasteiger partial charge < -0.3 is 4.90 Å². The summed E-state index contributed by atoms with van der Waals surface area (Å²) >= 11 is 13.4. The Hall–Kier alpha value is -0.450. The van der Waals surface area contributed by atoms with E-state index in [4.69, 9.17) is 23.2 Å². The summed E-state index contributed by atoms with van der Waals surface area (Å²) in [5.74, 6) is 0.736. The first kappa shape index (κ1) is 14.6. The Morgan fingerprint density at radius 1 is 1.59 bits per heavy atom. The molecule has 1 heterocycles. The lowest BCUT2D eigenvalue weighted by Gasteiger charge is -2.24. The predicted molar refractivity (Wildman–Crippen MR) is 74.2 cm³/mol. The summed E-state index contributed by atoms with van der Waals surface area (Å²) in [5.41, 5.74) is 0.391. The number of hydrogen-bond acceptors (Lipinski definition) is 3. The van der Waals surface area contributed by atoms with Crippen molar-refractivity contribution in [3.05, 3.63) is 28.0 Å². The molecule has 0 N–H and O–H groups in total. The summed E-state index contributed by atoms with van der Waals surface area (Å²) in [6.45, 7) is 1.99. The molecule has 1 amide bonds. The fraction of sp³-hybridized carbons (Fsp3) is 0.455. The van der Waals surface area contributed by atoms with Gasteiger partial charge in [0.05, 0.1) is 10.6 Å². The van der Waals surface area contributed by atoms with Crippen LogP contribution in [0.5, 0.6) is 0 Å². The monoisotopic (exact) mass is 292 g/mol. The molecule has 0 fully saturated rings. The summed E-state index contributed by atoms with van der Waals surface area (Å²) < 4.78 is 0. The van der Waals surface area contributed by atoms with E-state index in [1.54, 1.807) is 23.7 Å². The molecule has 0 spiro atoms. The average Bonchev–Trinajstić information content (AvgIpc) is 2.30. The fourth-order valence-corrected chi connectivity index (χ4v) is 2.37. The van der Waals surface area contributed by atoms with E-state index in [0.29, 0.717) is 10.6 Å². The number of amides is 1. The van der Waals surface area contributed by atoms with E-state index in [2.05, 4.69) is 4.98 Å². The van der Waals surface area contributed by atoms with E-state index in [-0.39, 0.29) is 17.1 Å². The number of nitrogens with zero attached hydrogens (tertiary/aromatic N) is 2. The molecule has 0 aliphatic carbocycles. The van der Waals surface area contributed by atoms with Gasteiger partial charge >= 0.3 is 0 Å². The SMILES string of the molecule is CSCC(C)N(C)C(=O)c1cc(Cl)ncc1Cl. The van der Waals surface area contributed by atoms with Crippen molar-refractivity contribution < 1.29 is 4.79 Å². The maximum absolute atomic E-state index is 12.2. The molecule has 0 saturated heterocycles. The minimum absolute atomic E-state index is 0.138. The highest BCUT2D eigenvalue weighted by Gasteiger charge is 2.20. The second-order valence-electron chi connectivity index (χ2n) is 3.71. The number of rotatable bonds is 4. The molecule has 0 aliphatic heterocycles. The van der Waals surface area contributed by atoms with Gasteiger partial charge in [-0.2, -0.15) is 11.8 Å². The fourth-order valence-electron chi connectivity index (χ4n) is 1.32. The molecule has 6 heteroatoms. The Kier molecular flexibility index (Phi) is 5.56. The zero-order valence-corrected chi connectivity index (χ0v) is 12.2. The van der Waals surface area contributed by atoms with Crippen LogP contribution in [-0.2, 0) is 0 Å². The van der Waals surface area contributed by atoms with Gasteiger partial charge in [-0.25, -0.2) is 4.98 Å². The topological polar surface area (TPSA) is 33.2 Å². The Balaban J connectivity index is 2.92. The first-order chi connectivity index (χ1) is 7.97. The van der Waals surface area contributed by atoms with Crippen LogP contribution in [0, 0.1) is 0 Å². The summed E-state index contributed by atoms with van der Waals surface area (Å²) in [5, 5.41) is 0.589. The number of thioether (sulfide) groups is 1. The predicted octanol–water partition coefficient (Wildman–Crippen LogP) is 3.21. The van der Waals surface area contributed by atoms with Crippen molar-refractivity contribution in [2.24, 2.45) is 0 Å². The van der Waals surface area contributed by atoms with Crippen molar-refractivity contribution in [3.63, 3.8) is 0 Å². The highest BCUT2D eigenvalue weighted by molar-refractivity contribution is 7.98. The van der Waals surface area contributed by atoms with Crippen LogP contribution in [0.15, 0.2) is 12.3 Å². The Morgan fingerprint density at radius 3 is 2.82 bits per heavy atom. The summed E-state index contributed by atoms with van der Waals surface area (Å²) in [4.78, 5) is 17.7. The molecule has 3 nitrogen and oxygen atoms in total. The Labute approximate surface area is 115 Å². The van der Waals surface area contributed by atoms with Gasteiger partial charge in [-0.05, 0) is 19.2 Å². The molecule has 1 aromatic heterocycles. The molecular formula is C11H14Cl2N2OS. The van der Waals surface area contributed by atoms with Crippen molar-refractivity contribution in [2.75, 3.05) is 19.1 Å². The van der Waals surface area contributed by atoms with E-state index >= 15 is 0 Å². The number of carbonyl (C=O) groups excluding carboxylic acids is 1. The van der Waals surface area contributed by atoms with Crippen LogP contribution in [0.25, 0.3) is 0 Å². The van der Waals surface area contributed by atoms with Crippen molar-refractivity contribution in [3.8, 4) is 0 Å². The second kappa shape index (κ2) is 6.47. The number of pyridine rings is 1. The van der Waals surface area contributed by atoms with Crippen LogP contribution in [0.4, 0.5) is 0 Å². The lowest BCUT2D eigenvalue weighted by Crippen LogP contribution is -2.36. The minimum Gasteiger partial charge on any atom is -0.338 e. The van der Waals surface area contributed by atoms with Crippen LogP contribution < -0.4 is 0 Å². The van der Waals surface area contributed by atoms with Crippen molar-refractivity contribution >= 4 is 40.9 Å².